The van der Waals surface area contributed by atoms with Crippen molar-refractivity contribution in [2.45, 2.75) is 18.5 Å². The van der Waals surface area contributed by atoms with Crippen LogP contribution in [-0.2, 0) is 11.2 Å². The molecule has 28 heavy (non-hydrogen) atoms. The molecule has 1 N–H and O–H groups in total. The van der Waals surface area contributed by atoms with E-state index in [0.717, 1.165) is 12.1 Å². The molecule has 0 radical (unpaired) electrons. The standard InChI is InChI=1S/C18H24N8OS/c1-6-12-7-9-13(10-8-12)19-14(27)11-28-18-23-22-16-20-15(24(2)3)21-17(25(4)5)26(16)18/h7-10H,6,11H2,1-5H3,(H,19,27). The molecule has 10 heteroatoms. The Morgan fingerprint density at radius 1 is 1.07 bits per heavy atom. The molecular formula is C18H24N8OS. The predicted octanol–water partition coefficient (Wildman–Crippen LogP) is 1.94. The largest absolute Gasteiger partial charge is 0.348 e. The third-order valence-corrected chi connectivity index (χ3v) is 4.92. The van der Waals surface area contributed by atoms with Crippen LogP contribution in [0.25, 0.3) is 5.78 Å². The lowest BCUT2D eigenvalue weighted by molar-refractivity contribution is -0.113. The van der Waals surface area contributed by atoms with Crippen LogP contribution in [0.3, 0.4) is 0 Å². The molecule has 0 unspecified atom stereocenters. The van der Waals surface area contributed by atoms with Crippen LogP contribution in [0.2, 0.25) is 0 Å². The summed E-state index contributed by atoms with van der Waals surface area (Å²) >= 11 is 1.29. The summed E-state index contributed by atoms with van der Waals surface area (Å²) in [5.74, 6) is 1.74. The van der Waals surface area contributed by atoms with E-state index >= 15 is 0 Å². The van der Waals surface area contributed by atoms with Crippen molar-refractivity contribution in [1.29, 1.82) is 0 Å². The highest BCUT2D eigenvalue weighted by Crippen LogP contribution is 2.23. The highest BCUT2D eigenvalue weighted by molar-refractivity contribution is 7.99. The zero-order valence-corrected chi connectivity index (χ0v) is 17.5. The molecule has 0 aliphatic carbocycles. The number of nitrogens with zero attached hydrogens (tertiary/aromatic N) is 7. The van der Waals surface area contributed by atoms with Crippen molar-refractivity contribution in [3.8, 4) is 0 Å². The number of anilines is 3. The summed E-state index contributed by atoms with van der Waals surface area (Å²) in [7, 11) is 7.52. The highest BCUT2D eigenvalue weighted by Gasteiger charge is 2.18. The molecular weight excluding hydrogens is 376 g/mol. The first-order chi connectivity index (χ1) is 13.4. The molecule has 9 nitrogen and oxygen atoms in total. The minimum absolute atomic E-state index is 0.108. The van der Waals surface area contributed by atoms with Gasteiger partial charge in [0.2, 0.25) is 17.8 Å². The molecule has 0 spiro atoms. The first-order valence-corrected chi connectivity index (χ1v) is 9.87. The van der Waals surface area contributed by atoms with Crippen LogP contribution in [0.15, 0.2) is 29.4 Å². The molecule has 148 valence electrons. The molecule has 0 bridgehead atoms. The lowest BCUT2D eigenvalue weighted by Crippen LogP contribution is -2.20. The van der Waals surface area contributed by atoms with E-state index in [1.165, 1.54) is 17.3 Å². The number of carbonyl (C=O) groups excluding carboxylic acids is 1. The summed E-state index contributed by atoms with van der Waals surface area (Å²) in [6.45, 7) is 2.10. The molecule has 0 saturated carbocycles. The van der Waals surface area contributed by atoms with Gasteiger partial charge in [0.1, 0.15) is 0 Å². The predicted molar refractivity (Wildman–Crippen MR) is 112 cm³/mol. The van der Waals surface area contributed by atoms with Crippen LogP contribution >= 0.6 is 11.8 Å². The van der Waals surface area contributed by atoms with Crippen molar-refractivity contribution < 1.29 is 4.79 Å². The third-order valence-electron chi connectivity index (χ3n) is 3.99. The van der Waals surface area contributed by atoms with Gasteiger partial charge in [-0.15, -0.1) is 10.2 Å². The van der Waals surface area contributed by atoms with E-state index in [-0.39, 0.29) is 11.7 Å². The van der Waals surface area contributed by atoms with Gasteiger partial charge in [0.15, 0.2) is 5.16 Å². The molecule has 3 aromatic rings. The zero-order chi connectivity index (χ0) is 20.3. The number of benzene rings is 1. The van der Waals surface area contributed by atoms with Gasteiger partial charge in [-0.2, -0.15) is 9.97 Å². The molecule has 2 heterocycles. The molecule has 0 atom stereocenters. The number of amides is 1. The van der Waals surface area contributed by atoms with E-state index in [4.69, 9.17) is 0 Å². The maximum Gasteiger partial charge on any atom is 0.261 e. The second-order valence-electron chi connectivity index (χ2n) is 6.62. The maximum absolute atomic E-state index is 12.3. The fourth-order valence-electron chi connectivity index (χ4n) is 2.51. The van der Waals surface area contributed by atoms with Crippen molar-refractivity contribution in [3.05, 3.63) is 29.8 Å². The summed E-state index contributed by atoms with van der Waals surface area (Å²) in [6, 6.07) is 7.85. The van der Waals surface area contributed by atoms with Gasteiger partial charge in [0.05, 0.1) is 5.75 Å². The Labute approximate surface area is 168 Å². The average molecular weight is 401 g/mol. The van der Waals surface area contributed by atoms with Crippen molar-refractivity contribution in [1.82, 2.24) is 24.6 Å². The Balaban J connectivity index is 1.75. The molecule has 0 fully saturated rings. The van der Waals surface area contributed by atoms with E-state index in [9.17, 15) is 4.79 Å². The summed E-state index contributed by atoms with van der Waals surface area (Å²) in [6.07, 6.45) is 0.968. The van der Waals surface area contributed by atoms with Gasteiger partial charge in [0.25, 0.3) is 5.78 Å². The highest BCUT2D eigenvalue weighted by atomic mass is 32.2. The molecule has 0 aliphatic heterocycles. The average Bonchev–Trinajstić information content (AvgIpc) is 3.09. The number of aryl methyl sites for hydroxylation is 1. The normalized spacial score (nSPS) is 10.9. The van der Waals surface area contributed by atoms with Gasteiger partial charge in [-0.1, -0.05) is 30.8 Å². The molecule has 1 amide bonds. The number of thioether (sulfide) groups is 1. The van der Waals surface area contributed by atoms with E-state index in [1.54, 1.807) is 4.40 Å². The van der Waals surface area contributed by atoms with Gasteiger partial charge in [-0.05, 0) is 24.1 Å². The number of hydrogen-bond acceptors (Lipinski definition) is 8. The number of nitrogens with one attached hydrogen (secondary N) is 1. The molecule has 0 aliphatic rings. The lowest BCUT2D eigenvalue weighted by Gasteiger charge is -2.17. The Bertz CT molecular complexity index is 968. The minimum Gasteiger partial charge on any atom is -0.348 e. The van der Waals surface area contributed by atoms with Gasteiger partial charge in [0, 0.05) is 33.9 Å². The topological polar surface area (TPSA) is 91.5 Å². The monoisotopic (exact) mass is 400 g/mol. The van der Waals surface area contributed by atoms with Crippen molar-refractivity contribution in [2.24, 2.45) is 0 Å². The summed E-state index contributed by atoms with van der Waals surface area (Å²) in [5, 5.41) is 11.8. The smallest absolute Gasteiger partial charge is 0.261 e. The second-order valence-corrected chi connectivity index (χ2v) is 7.56. The number of carbonyl (C=O) groups is 1. The van der Waals surface area contributed by atoms with E-state index in [2.05, 4.69) is 32.4 Å². The summed E-state index contributed by atoms with van der Waals surface area (Å²) in [5.41, 5.74) is 2.01. The fourth-order valence-corrected chi connectivity index (χ4v) is 3.23. The van der Waals surface area contributed by atoms with Gasteiger partial charge < -0.3 is 15.1 Å². The Kier molecular flexibility index (Phi) is 5.98. The van der Waals surface area contributed by atoms with Crippen molar-refractivity contribution in [2.75, 3.05) is 49.1 Å². The Morgan fingerprint density at radius 3 is 2.39 bits per heavy atom. The van der Waals surface area contributed by atoms with Crippen molar-refractivity contribution >= 4 is 41.0 Å². The molecule has 3 rings (SSSR count). The minimum atomic E-state index is -0.108. The number of fused-ring (bicyclic) bond motifs is 1. The second kappa shape index (κ2) is 8.42. The van der Waals surface area contributed by atoms with Gasteiger partial charge in [-0.3, -0.25) is 4.79 Å². The molecule has 1 aromatic carbocycles. The van der Waals surface area contributed by atoms with Crippen LogP contribution in [0.5, 0.6) is 0 Å². The Morgan fingerprint density at radius 2 is 1.79 bits per heavy atom. The zero-order valence-electron chi connectivity index (χ0n) is 16.7. The SMILES string of the molecule is CCc1ccc(NC(=O)CSc2nnc3nc(N(C)C)nc(N(C)C)n23)cc1. The van der Waals surface area contributed by atoms with Crippen LogP contribution < -0.4 is 15.1 Å². The number of aromatic nitrogens is 5. The van der Waals surface area contributed by atoms with Crippen molar-refractivity contribution in [3.63, 3.8) is 0 Å². The third kappa shape index (κ3) is 4.33. The van der Waals surface area contributed by atoms with E-state index in [1.807, 2.05) is 62.3 Å². The Hall–Kier alpha value is -2.88. The van der Waals surface area contributed by atoms with Gasteiger partial charge in [-0.25, -0.2) is 4.40 Å². The van der Waals surface area contributed by atoms with Gasteiger partial charge >= 0.3 is 0 Å². The van der Waals surface area contributed by atoms with Crippen LogP contribution in [0.1, 0.15) is 12.5 Å². The number of rotatable bonds is 7. The van der Waals surface area contributed by atoms with Crippen LogP contribution in [-0.4, -0.2) is 64.4 Å². The fraction of sp³-hybridized carbons (Fsp3) is 0.389. The molecule has 0 saturated heterocycles. The van der Waals surface area contributed by atoms with Crippen LogP contribution in [0.4, 0.5) is 17.6 Å². The summed E-state index contributed by atoms with van der Waals surface area (Å²) in [4.78, 5) is 25.0. The van der Waals surface area contributed by atoms with E-state index < -0.39 is 0 Å². The maximum atomic E-state index is 12.3. The summed E-state index contributed by atoms with van der Waals surface area (Å²) < 4.78 is 1.75. The van der Waals surface area contributed by atoms with E-state index in [0.29, 0.717) is 22.8 Å². The molecule has 2 aromatic heterocycles. The first-order valence-electron chi connectivity index (χ1n) is 8.88. The number of hydrogen-bond donors (Lipinski definition) is 1. The quantitative estimate of drug-likeness (QED) is 0.602. The lowest BCUT2D eigenvalue weighted by atomic mass is 10.1. The first kappa shape index (κ1) is 19.9. The van der Waals surface area contributed by atoms with Crippen LogP contribution in [0, 0.1) is 0 Å².